The molecule has 0 radical (unpaired) electrons. The maximum Gasteiger partial charge on any atom is 0.274 e. The number of hydrogen-bond acceptors (Lipinski definition) is 7. The van der Waals surface area contributed by atoms with E-state index < -0.39 is 0 Å². The molecule has 2 saturated heterocycles. The Morgan fingerprint density at radius 2 is 1.62 bits per heavy atom. The summed E-state index contributed by atoms with van der Waals surface area (Å²) in [5.41, 5.74) is 0.434. The van der Waals surface area contributed by atoms with Crippen molar-refractivity contribution < 1.29 is 4.79 Å². The lowest BCUT2D eigenvalue weighted by molar-refractivity contribution is 0.0741. The van der Waals surface area contributed by atoms with Crippen LogP contribution in [0.1, 0.15) is 30.3 Å². The summed E-state index contributed by atoms with van der Waals surface area (Å²) in [7, 11) is 0. The van der Waals surface area contributed by atoms with Gasteiger partial charge in [-0.15, -0.1) is 0 Å². The van der Waals surface area contributed by atoms with Crippen LogP contribution in [-0.2, 0) is 0 Å². The number of carbonyl (C=O) groups is 1. The van der Waals surface area contributed by atoms with Crippen molar-refractivity contribution in [3.8, 4) is 5.82 Å². The molecule has 0 aromatic carbocycles. The topological polar surface area (TPSA) is 83.3 Å². The summed E-state index contributed by atoms with van der Waals surface area (Å²) in [4.78, 5) is 37.0. The van der Waals surface area contributed by atoms with Crippen molar-refractivity contribution in [2.24, 2.45) is 5.92 Å². The summed E-state index contributed by atoms with van der Waals surface area (Å²) < 4.78 is 1.80. The first-order valence-electron chi connectivity index (χ1n) is 11.2. The monoisotopic (exact) mass is 432 g/mol. The summed E-state index contributed by atoms with van der Waals surface area (Å²) in [6.07, 6.45) is 9.15. The van der Waals surface area contributed by atoms with Crippen LogP contribution in [-0.4, -0.2) is 74.6 Å². The Labute approximate surface area is 187 Å². The minimum absolute atomic E-state index is 0.0521. The second kappa shape index (κ2) is 8.94. The first-order chi connectivity index (χ1) is 15.7. The van der Waals surface area contributed by atoms with Crippen LogP contribution in [0.2, 0.25) is 0 Å². The molecule has 0 N–H and O–H groups in total. The zero-order valence-corrected chi connectivity index (χ0v) is 18.3. The van der Waals surface area contributed by atoms with E-state index in [1.807, 2.05) is 29.2 Å². The van der Waals surface area contributed by atoms with Gasteiger partial charge in [0, 0.05) is 57.7 Å². The predicted octanol–water partition coefficient (Wildman–Crippen LogP) is 2.26. The fraction of sp³-hybridized carbons (Fsp3) is 0.435. The van der Waals surface area contributed by atoms with E-state index in [2.05, 4.69) is 36.7 Å². The van der Waals surface area contributed by atoms with Gasteiger partial charge in [0.1, 0.15) is 35.8 Å². The van der Waals surface area contributed by atoms with Crippen LogP contribution in [0.3, 0.4) is 0 Å². The minimum atomic E-state index is -0.0521. The van der Waals surface area contributed by atoms with Gasteiger partial charge < -0.3 is 14.7 Å². The maximum absolute atomic E-state index is 13.0. The summed E-state index contributed by atoms with van der Waals surface area (Å²) >= 11 is 0. The number of rotatable bonds is 4. The van der Waals surface area contributed by atoms with Crippen LogP contribution >= 0.6 is 0 Å². The van der Waals surface area contributed by atoms with E-state index in [0.29, 0.717) is 18.8 Å². The molecule has 3 aromatic heterocycles. The minimum Gasteiger partial charge on any atom is -0.356 e. The number of pyridine rings is 1. The van der Waals surface area contributed by atoms with Crippen LogP contribution in [0.15, 0.2) is 49.3 Å². The number of piperazine rings is 1. The largest absolute Gasteiger partial charge is 0.356 e. The van der Waals surface area contributed by atoms with Crippen molar-refractivity contribution in [2.45, 2.75) is 19.8 Å². The number of carbonyl (C=O) groups excluding carboxylic acids is 1. The molecule has 5 heterocycles. The second-order valence-electron chi connectivity index (χ2n) is 8.54. The highest BCUT2D eigenvalue weighted by atomic mass is 16.2. The molecule has 166 valence electrons. The number of piperidine rings is 1. The maximum atomic E-state index is 13.0. The number of imidazole rings is 1. The van der Waals surface area contributed by atoms with E-state index in [0.717, 1.165) is 49.6 Å². The SMILES string of the molecule is CC1CCN(c2cc(-n3cnc(C(=O)N4CCN(c5ccccn5)CC4)c3)ncn2)CC1. The van der Waals surface area contributed by atoms with Crippen LogP contribution < -0.4 is 9.80 Å². The van der Waals surface area contributed by atoms with E-state index in [1.54, 1.807) is 29.6 Å². The van der Waals surface area contributed by atoms with Crippen LogP contribution in [0.4, 0.5) is 11.6 Å². The normalized spacial score (nSPS) is 17.6. The van der Waals surface area contributed by atoms with Gasteiger partial charge in [-0.1, -0.05) is 13.0 Å². The average Bonchev–Trinajstić information content (AvgIpc) is 3.35. The highest BCUT2D eigenvalue weighted by Gasteiger charge is 2.24. The van der Waals surface area contributed by atoms with Crippen LogP contribution in [0.5, 0.6) is 0 Å². The van der Waals surface area contributed by atoms with Gasteiger partial charge in [-0.25, -0.2) is 19.9 Å². The number of anilines is 2. The third kappa shape index (κ3) is 4.28. The van der Waals surface area contributed by atoms with Crippen molar-refractivity contribution in [3.05, 3.63) is 55.0 Å². The molecular weight excluding hydrogens is 404 g/mol. The molecule has 0 unspecified atom stereocenters. The predicted molar refractivity (Wildman–Crippen MR) is 122 cm³/mol. The molecule has 0 spiro atoms. The molecule has 9 heteroatoms. The van der Waals surface area contributed by atoms with E-state index in [-0.39, 0.29) is 5.91 Å². The van der Waals surface area contributed by atoms with Gasteiger partial charge in [0.05, 0.1) is 0 Å². The molecule has 2 aliphatic heterocycles. The van der Waals surface area contributed by atoms with Gasteiger partial charge in [0.15, 0.2) is 0 Å². The summed E-state index contributed by atoms with van der Waals surface area (Å²) in [5, 5.41) is 0. The molecule has 1 amide bonds. The van der Waals surface area contributed by atoms with Gasteiger partial charge in [-0.3, -0.25) is 9.36 Å². The van der Waals surface area contributed by atoms with Crippen molar-refractivity contribution >= 4 is 17.5 Å². The Morgan fingerprint density at radius 3 is 2.38 bits per heavy atom. The summed E-state index contributed by atoms with van der Waals surface area (Å²) in [6.45, 7) is 7.12. The van der Waals surface area contributed by atoms with Crippen LogP contribution in [0.25, 0.3) is 5.82 Å². The van der Waals surface area contributed by atoms with E-state index in [9.17, 15) is 4.79 Å². The van der Waals surface area contributed by atoms with Crippen molar-refractivity contribution in [1.29, 1.82) is 0 Å². The molecule has 2 aliphatic rings. The van der Waals surface area contributed by atoms with Crippen molar-refractivity contribution in [3.63, 3.8) is 0 Å². The lowest BCUT2D eigenvalue weighted by atomic mass is 9.99. The first kappa shape index (κ1) is 20.4. The molecule has 32 heavy (non-hydrogen) atoms. The lowest BCUT2D eigenvalue weighted by Gasteiger charge is -2.35. The number of hydrogen-bond donors (Lipinski definition) is 0. The molecule has 0 atom stereocenters. The molecule has 2 fully saturated rings. The van der Waals surface area contributed by atoms with E-state index in [4.69, 9.17) is 0 Å². The number of nitrogens with zero attached hydrogens (tertiary/aromatic N) is 8. The molecule has 0 aliphatic carbocycles. The first-order valence-corrected chi connectivity index (χ1v) is 11.2. The third-order valence-corrected chi connectivity index (χ3v) is 6.35. The van der Waals surface area contributed by atoms with Crippen LogP contribution in [0, 0.1) is 5.92 Å². The zero-order valence-electron chi connectivity index (χ0n) is 18.3. The Morgan fingerprint density at radius 1 is 0.875 bits per heavy atom. The van der Waals surface area contributed by atoms with Gasteiger partial charge >= 0.3 is 0 Å². The molecule has 3 aromatic rings. The standard InChI is InChI=1S/C23H28N8O/c1-18-5-8-28(9-6-18)21-14-22(26-16-25-21)31-15-19(27-17-31)23(32)30-12-10-29(11-13-30)20-4-2-3-7-24-20/h2-4,7,14-18H,5-6,8-13H2,1H3. The Hall–Kier alpha value is -3.49. The smallest absolute Gasteiger partial charge is 0.274 e. The Balaban J connectivity index is 1.24. The van der Waals surface area contributed by atoms with Gasteiger partial charge in [-0.2, -0.15) is 0 Å². The third-order valence-electron chi connectivity index (χ3n) is 6.35. The van der Waals surface area contributed by atoms with E-state index in [1.165, 1.54) is 12.8 Å². The van der Waals surface area contributed by atoms with Gasteiger partial charge in [-0.05, 0) is 30.9 Å². The highest BCUT2D eigenvalue weighted by Crippen LogP contribution is 2.22. The molecule has 0 saturated carbocycles. The summed E-state index contributed by atoms with van der Waals surface area (Å²) in [6, 6.07) is 7.86. The molecular formula is C23H28N8O. The number of amides is 1. The van der Waals surface area contributed by atoms with E-state index >= 15 is 0 Å². The van der Waals surface area contributed by atoms with Gasteiger partial charge in [0.25, 0.3) is 5.91 Å². The molecule has 9 nitrogen and oxygen atoms in total. The summed E-state index contributed by atoms with van der Waals surface area (Å²) in [5.74, 6) is 3.31. The second-order valence-corrected chi connectivity index (χ2v) is 8.54. The highest BCUT2D eigenvalue weighted by molar-refractivity contribution is 5.92. The Kier molecular flexibility index (Phi) is 5.70. The zero-order chi connectivity index (χ0) is 21.9. The van der Waals surface area contributed by atoms with Gasteiger partial charge in [0.2, 0.25) is 0 Å². The molecule has 5 rings (SSSR count). The fourth-order valence-corrected chi connectivity index (χ4v) is 4.29. The fourth-order valence-electron chi connectivity index (χ4n) is 4.29. The lowest BCUT2D eigenvalue weighted by Crippen LogP contribution is -2.49. The average molecular weight is 433 g/mol. The Bertz CT molecular complexity index is 1050. The quantitative estimate of drug-likeness (QED) is 0.625. The van der Waals surface area contributed by atoms with Crippen molar-refractivity contribution in [1.82, 2.24) is 29.4 Å². The number of aromatic nitrogens is 5. The van der Waals surface area contributed by atoms with Crippen molar-refractivity contribution in [2.75, 3.05) is 49.1 Å². The molecule has 0 bridgehead atoms.